The van der Waals surface area contributed by atoms with Crippen LogP contribution in [0.4, 0.5) is 0 Å². The number of rotatable bonds is 10. The number of hydrogen-bond donors (Lipinski definition) is 3. The van der Waals surface area contributed by atoms with Gasteiger partial charge in [0.15, 0.2) is 0 Å². The van der Waals surface area contributed by atoms with Gasteiger partial charge in [-0.2, -0.15) is 0 Å². The average Bonchev–Trinajstić information content (AvgIpc) is 2.79. The highest BCUT2D eigenvalue weighted by Gasteiger charge is 2.31. The molecule has 1 aromatic carbocycles. The summed E-state index contributed by atoms with van der Waals surface area (Å²) >= 11 is 0. The van der Waals surface area contributed by atoms with Crippen molar-refractivity contribution in [1.82, 2.24) is 15.2 Å². The van der Waals surface area contributed by atoms with Crippen LogP contribution in [-0.4, -0.2) is 57.0 Å². The number of pyridine rings is 1. The summed E-state index contributed by atoms with van der Waals surface area (Å²) in [4.78, 5) is 42.3. The van der Waals surface area contributed by atoms with Crippen LogP contribution in [0.5, 0.6) is 0 Å². The molecule has 3 rings (SSSR count). The molecule has 8 heteroatoms. The second-order valence-electron chi connectivity index (χ2n) is 8.12. The van der Waals surface area contributed by atoms with E-state index in [1.165, 1.54) is 4.90 Å². The number of aryl methyl sites for hydroxylation is 1. The Morgan fingerprint density at radius 2 is 1.88 bits per heavy atom. The number of nitrogens with zero attached hydrogens (tertiary/aromatic N) is 2. The molecule has 1 aliphatic rings. The van der Waals surface area contributed by atoms with Crippen molar-refractivity contribution in [2.24, 2.45) is 5.92 Å². The molecule has 2 amide bonds. The van der Waals surface area contributed by atoms with Crippen molar-refractivity contribution in [2.75, 3.05) is 13.1 Å². The predicted molar refractivity (Wildman–Crippen MR) is 117 cm³/mol. The minimum absolute atomic E-state index is 0.0566. The maximum atomic E-state index is 12.9. The molecular formula is C24H29N3O5. The van der Waals surface area contributed by atoms with E-state index in [2.05, 4.69) is 10.3 Å². The smallest absolute Gasteiger partial charge is 0.305 e. The monoisotopic (exact) mass is 439 g/mol. The van der Waals surface area contributed by atoms with Crippen molar-refractivity contribution in [3.63, 3.8) is 0 Å². The van der Waals surface area contributed by atoms with Crippen LogP contribution in [-0.2, 0) is 20.8 Å². The fourth-order valence-corrected chi connectivity index (χ4v) is 4.07. The first-order valence-electron chi connectivity index (χ1n) is 10.9. The Bertz CT molecular complexity index is 906. The maximum Gasteiger partial charge on any atom is 0.305 e. The number of carboxylic acids is 1. The van der Waals surface area contributed by atoms with E-state index in [0.29, 0.717) is 18.5 Å². The summed E-state index contributed by atoms with van der Waals surface area (Å²) in [6, 6.07) is 11.5. The van der Waals surface area contributed by atoms with E-state index in [0.717, 1.165) is 24.8 Å². The molecule has 2 aromatic rings. The molecular weight excluding hydrogens is 410 g/mol. The molecule has 170 valence electrons. The van der Waals surface area contributed by atoms with Gasteiger partial charge in [0, 0.05) is 24.9 Å². The van der Waals surface area contributed by atoms with E-state index >= 15 is 0 Å². The van der Waals surface area contributed by atoms with Crippen LogP contribution in [0.1, 0.15) is 42.9 Å². The SMILES string of the molecule is O=C(O)C[C@H](NC(=O)CN1CCC[C@@H](CCc2ccncc2)C1=O)[C@H](O)c1ccccc1. The third-order valence-electron chi connectivity index (χ3n) is 5.77. The fourth-order valence-electron chi connectivity index (χ4n) is 4.07. The number of aliphatic carboxylic acids is 1. The predicted octanol–water partition coefficient (Wildman–Crippen LogP) is 1.95. The molecule has 0 aliphatic carbocycles. The van der Waals surface area contributed by atoms with Crippen LogP contribution >= 0.6 is 0 Å². The Morgan fingerprint density at radius 3 is 2.56 bits per heavy atom. The summed E-state index contributed by atoms with van der Waals surface area (Å²) in [5, 5.41) is 22.4. The zero-order valence-corrected chi connectivity index (χ0v) is 17.9. The number of nitrogens with one attached hydrogen (secondary N) is 1. The Hall–Kier alpha value is -3.26. The summed E-state index contributed by atoms with van der Waals surface area (Å²) in [5.41, 5.74) is 1.64. The van der Waals surface area contributed by atoms with Crippen LogP contribution < -0.4 is 5.32 Å². The number of carbonyl (C=O) groups is 3. The third kappa shape index (κ3) is 6.62. The summed E-state index contributed by atoms with van der Waals surface area (Å²) < 4.78 is 0. The van der Waals surface area contributed by atoms with Gasteiger partial charge in [0.1, 0.15) is 0 Å². The molecule has 1 aromatic heterocycles. The van der Waals surface area contributed by atoms with Crippen LogP contribution in [0.25, 0.3) is 0 Å². The number of carbonyl (C=O) groups excluding carboxylic acids is 2. The summed E-state index contributed by atoms with van der Waals surface area (Å²) in [5.74, 6) is -1.81. The summed E-state index contributed by atoms with van der Waals surface area (Å²) in [7, 11) is 0. The zero-order chi connectivity index (χ0) is 22.9. The molecule has 0 radical (unpaired) electrons. The first kappa shape index (κ1) is 23.4. The van der Waals surface area contributed by atoms with Crippen LogP contribution in [0.15, 0.2) is 54.9 Å². The molecule has 0 spiro atoms. The largest absolute Gasteiger partial charge is 0.481 e. The third-order valence-corrected chi connectivity index (χ3v) is 5.77. The van der Waals surface area contributed by atoms with Gasteiger partial charge in [-0.1, -0.05) is 30.3 Å². The van der Waals surface area contributed by atoms with E-state index in [1.54, 1.807) is 42.7 Å². The van der Waals surface area contributed by atoms with Crippen molar-refractivity contribution >= 4 is 17.8 Å². The van der Waals surface area contributed by atoms with Crippen molar-refractivity contribution < 1.29 is 24.6 Å². The molecule has 1 fully saturated rings. The lowest BCUT2D eigenvalue weighted by Gasteiger charge is -2.32. The Kier molecular flexibility index (Phi) is 8.33. The first-order valence-corrected chi connectivity index (χ1v) is 10.9. The summed E-state index contributed by atoms with van der Waals surface area (Å²) in [6.45, 7) is 0.338. The minimum atomic E-state index is -1.17. The van der Waals surface area contributed by atoms with Crippen LogP contribution in [0, 0.1) is 5.92 Å². The molecule has 8 nitrogen and oxygen atoms in total. The van der Waals surface area contributed by atoms with Crippen LogP contribution in [0.2, 0.25) is 0 Å². The van der Waals surface area contributed by atoms with E-state index in [4.69, 9.17) is 0 Å². The zero-order valence-electron chi connectivity index (χ0n) is 17.9. The lowest BCUT2D eigenvalue weighted by molar-refractivity contribution is -0.143. The maximum absolute atomic E-state index is 12.9. The molecule has 0 saturated carbocycles. The molecule has 2 heterocycles. The Morgan fingerprint density at radius 1 is 1.16 bits per heavy atom. The Labute approximate surface area is 187 Å². The number of aromatic nitrogens is 1. The molecule has 3 atom stereocenters. The second-order valence-corrected chi connectivity index (χ2v) is 8.12. The van der Waals surface area contributed by atoms with E-state index in [-0.39, 0.29) is 18.4 Å². The van der Waals surface area contributed by atoms with Crippen molar-refractivity contribution in [3.8, 4) is 0 Å². The van der Waals surface area contributed by atoms with Gasteiger partial charge < -0.3 is 20.4 Å². The van der Waals surface area contributed by atoms with Gasteiger partial charge in [-0.05, 0) is 48.9 Å². The quantitative estimate of drug-likeness (QED) is 0.521. The van der Waals surface area contributed by atoms with Gasteiger partial charge >= 0.3 is 5.97 Å². The highest BCUT2D eigenvalue weighted by Crippen LogP contribution is 2.23. The molecule has 0 bridgehead atoms. The number of aliphatic hydroxyl groups is 1. The van der Waals surface area contributed by atoms with E-state index in [9.17, 15) is 24.6 Å². The van der Waals surface area contributed by atoms with Crippen LogP contribution in [0.3, 0.4) is 0 Å². The Balaban J connectivity index is 1.57. The van der Waals surface area contributed by atoms with Gasteiger partial charge in [-0.25, -0.2) is 0 Å². The van der Waals surface area contributed by atoms with E-state index in [1.807, 2.05) is 12.1 Å². The lowest BCUT2D eigenvalue weighted by atomic mass is 9.91. The van der Waals surface area contributed by atoms with Gasteiger partial charge in [-0.15, -0.1) is 0 Å². The number of hydrogen-bond acceptors (Lipinski definition) is 5. The van der Waals surface area contributed by atoms with Gasteiger partial charge in [0.05, 0.1) is 25.1 Å². The highest BCUT2D eigenvalue weighted by molar-refractivity contribution is 5.86. The first-order chi connectivity index (χ1) is 15.4. The summed E-state index contributed by atoms with van der Waals surface area (Å²) in [6.07, 6.45) is 4.93. The van der Waals surface area contributed by atoms with E-state index < -0.39 is 30.4 Å². The number of aliphatic hydroxyl groups excluding tert-OH is 1. The second kappa shape index (κ2) is 11.4. The normalized spacial score (nSPS) is 18.1. The topological polar surface area (TPSA) is 120 Å². The number of benzene rings is 1. The minimum Gasteiger partial charge on any atom is -0.481 e. The molecule has 3 N–H and O–H groups in total. The van der Waals surface area contributed by atoms with Gasteiger partial charge in [-0.3, -0.25) is 19.4 Å². The van der Waals surface area contributed by atoms with Gasteiger partial charge in [0.2, 0.25) is 11.8 Å². The molecule has 32 heavy (non-hydrogen) atoms. The molecule has 0 unspecified atom stereocenters. The average molecular weight is 440 g/mol. The number of carboxylic acid groups (broad SMARTS) is 1. The lowest BCUT2D eigenvalue weighted by Crippen LogP contribution is -2.49. The number of likely N-dealkylation sites (tertiary alicyclic amines) is 1. The van der Waals surface area contributed by atoms with Crippen molar-refractivity contribution in [3.05, 3.63) is 66.0 Å². The highest BCUT2D eigenvalue weighted by atomic mass is 16.4. The van der Waals surface area contributed by atoms with Crippen molar-refractivity contribution in [2.45, 2.75) is 44.2 Å². The molecule has 1 saturated heterocycles. The van der Waals surface area contributed by atoms with Gasteiger partial charge in [0.25, 0.3) is 0 Å². The molecule has 1 aliphatic heterocycles. The number of piperidine rings is 1. The standard InChI is InChI=1S/C24H29N3O5/c28-21(26-20(15-22(29)30)23(31)18-5-2-1-3-6-18)16-27-14-4-7-19(24(27)32)9-8-17-10-12-25-13-11-17/h1-3,5-6,10-13,19-20,23,31H,4,7-9,14-16H2,(H,26,28)(H,29,30)/t19-,20-,23+/m0/s1. The fraction of sp³-hybridized carbons (Fsp3) is 0.417. The number of amides is 2. The van der Waals surface area contributed by atoms with Crippen molar-refractivity contribution in [1.29, 1.82) is 0 Å².